The highest BCUT2D eigenvalue weighted by Crippen LogP contribution is 2.20. The zero-order valence-electron chi connectivity index (χ0n) is 17.3. The molecule has 0 radical (unpaired) electrons. The number of likely N-dealkylation sites (N-methyl/N-ethyl adjacent to an activating group) is 1. The Balaban J connectivity index is 0.000000612. The van der Waals surface area contributed by atoms with Crippen molar-refractivity contribution in [1.29, 1.82) is 0 Å². The first kappa shape index (κ1) is 24.6. The number of piperazine rings is 1. The summed E-state index contributed by atoms with van der Waals surface area (Å²) in [6.07, 6.45) is 2.70. The lowest BCUT2D eigenvalue weighted by atomic mass is 10.1. The largest absolute Gasteiger partial charge is 0.493 e. The lowest BCUT2D eigenvalue weighted by Gasteiger charge is -2.33. The van der Waals surface area contributed by atoms with Crippen molar-refractivity contribution in [1.82, 2.24) is 9.80 Å². The predicted octanol–water partition coefficient (Wildman–Crippen LogP) is 2.23. The van der Waals surface area contributed by atoms with Gasteiger partial charge < -0.3 is 24.7 Å². The Kier molecular flexibility index (Phi) is 11.6. The molecular weight excluding hydrogens is 376 g/mol. The zero-order chi connectivity index (χ0) is 21.6. The van der Waals surface area contributed by atoms with Crippen LogP contribution in [0.5, 0.6) is 5.75 Å². The van der Waals surface area contributed by atoms with E-state index in [1.54, 1.807) is 0 Å². The highest BCUT2D eigenvalue weighted by molar-refractivity contribution is 6.27. The van der Waals surface area contributed by atoms with Gasteiger partial charge in [0.15, 0.2) is 5.78 Å². The van der Waals surface area contributed by atoms with Gasteiger partial charge in [-0.3, -0.25) is 4.79 Å². The number of nitrogens with zero attached hydrogens (tertiary/aromatic N) is 2. The van der Waals surface area contributed by atoms with E-state index in [9.17, 15) is 4.79 Å². The maximum atomic E-state index is 11.9. The van der Waals surface area contributed by atoms with Gasteiger partial charge in [-0.25, -0.2) is 9.59 Å². The lowest BCUT2D eigenvalue weighted by molar-refractivity contribution is -0.159. The van der Waals surface area contributed by atoms with Crippen LogP contribution in [0.1, 0.15) is 43.5 Å². The number of carboxylic acids is 2. The van der Waals surface area contributed by atoms with Crippen LogP contribution in [0.3, 0.4) is 0 Å². The molecule has 162 valence electrons. The average Bonchev–Trinajstić information content (AvgIpc) is 2.74. The van der Waals surface area contributed by atoms with Crippen molar-refractivity contribution in [3.05, 3.63) is 29.8 Å². The van der Waals surface area contributed by atoms with Gasteiger partial charge in [0.1, 0.15) is 5.75 Å². The van der Waals surface area contributed by atoms with Gasteiger partial charge in [0.25, 0.3) is 0 Å². The lowest BCUT2D eigenvalue weighted by Crippen LogP contribution is -2.46. The number of hydrogen-bond donors (Lipinski definition) is 2. The second-order valence-electron chi connectivity index (χ2n) is 6.71. The Bertz CT molecular complexity index is 644. The molecule has 2 N–H and O–H groups in total. The van der Waals surface area contributed by atoms with E-state index in [4.69, 9.17) is 24.5 Å². The molecule has 1 heterocycles. The van der Waals surface area contributed by atoms with E-state index in [-0.39, 0.29) is 5.78 Å². The summed E-state index contributed by atoms with van der Waals surface area (Å²) in [5.74, 6) is -2.77. The number of carbonyl (C=O) groups excluding carboxylic acids is 1. The minimum atomic E-state index is -1.82. The molecule has 0 aromatic heterocycles. The Labute approximate surface area is 172 Å². The summed E-state index contributed by atoms with van der Waals surface area (Å²) in [5.41, 5.74) is 0.714. The molecule has 8 nitrogen and oxygen atoms in total. The van der Waals surface area contributed by atoms with Gasteiger partial charge in [0.05, 0.1) is 12.2 Å². The molecule has 0 bridgehead atoms. The number of ether oxygens (including phenoxy) is 1. The number of hydrogen-bond acceptors (Lipinski definition) is 6. The SMILES string of the molecule is CCC(=O)c1ccccc1OCCCCN1CCN(CC)CC1.O=C(O)C(=O)O. The van der Waals surface area contributed by atoms with Gasteiger partial charge in [-0.1, -0.05) is 26.0 Å². The number of carbonyl (C=O) groups is 3. The van der Waals surface area contributed by atoms with Crippen molar-refractivity contribution in [2.24, 2.45) is 0 Å². The standard InChI is InChI=1S/C19H30N2O2.C2H2O4/c1-3-18(22)17-9-5-6-10-19(17)23-16-8-7-11-21-14-12-20(4-2)13-15-21;3-1(4)2(5)6/h5-6,9-10H,3-4,7-8,11-16H2,1-2H3;(H,3,4)(H,5,6). The van der Waals surface area contributed by atoms with Crippen LogP contribution in [0.25, 0.3) is 0 Å². The minimum absolute atomic E-state index is 0.148. The maximum absolute atomic E-state index is 11.9. The number of para-hydroxylation sites is 1. The van der Waals surface area contributed by atoms with Crippen molar-refractivity contribution in [2.45, 2.75) is 33.1 Å². The van der Waals surface area contributed by atoms with E-state index < -0.39 is 11.9 Å². The van der Waals surface area contributed by atoms with Crippen molar-refractivity contribution >= 4 is 17.7 Å². The Morgan fingerprint density at radius 1 is 0.931 bits per heavy atom. The first-order valence-corrected chi connectivity index (χ1v) is 10.0. The topological polar surface area (TPSA) is 107 Å². The van der Waals surface area contributed by atoms with Crippen LogP contribution in [0.4, 0.5) is 0 Å². The van der Waals surface area contributed by atoms with Gasteiger partial charge in [0.2, 0.25) is 0 Å². The van der Waals surface area contributed by atoms with Crippen LogP contribution in [0.15, 0.2) is 24.3 Å². The number of Topliss-reactive ketones (excluding diaryl/α,β-unsaturated/α-hetero) is 1. The number of aliphatic carboxylic acids is 2. The molecule has 1 fully saturated rings. The van der Waals surface area contributed by atoms with E-state index in [1.807, 2.05) is 31.2 Å². The van der Waals surface area contributed by atoms with Crippen molar-refractivity contribution in [3.8, 4) is 5.75 Å². The van der Waals surface area contributed by atoms with Gasteiger partial charge in [-0.2, -0.15) is 0 Å². The summed E-state index contributed by atoms with van der Waals surface area (Å²) >= 11 is 0. The minimum Gasteiger partial charge on any atom is -0.493 e. The van der Waals surface area contributed by atoms with Gasteiger partial charge >= 0.3 is 11.9 Å². The molecule has 0 saturated carbocycles. The van der Waals surface area contributed by atoms with E-state index in [0.717, 1.165) is 31.7 Å². The maximum Gasteiger partial charge on any atom is 0.414 e. The second kappa shape index (κ2) is 13.7. The van der Waals surface area contributed by atoms with Crippen LogP contribution in [0, 0.1) is 0 Å². The zero-order valence-corrected chi connectivity index (χ0v) is 17.3. The third kappa shape index (κ3) is 9.54. The fourth-order valence-corrected chi connectivity index (χ4v) is 2.96. The van der Waals surface area contributed by atoms with Crippen LogP contribution in [-0.4, -0.2) is 83.6 Å². The molecule has 8 heteroatoms. The Morgan fingerprint density at radius 3 is 2.07 bits per heavy atom. The van der Waals surface area contributed by atoms with Crippen molar-refractivity contribution in [3.63, 3.8) is 0 Å². The molecule has 29 heavy (non-hydrogen) atoms. The van der Waals surface area contributed by atoms with E-state index in [2.05, 4.69) is 16.7 Å². The number of ketones is 1. The van der Waals surface area contributed by atoms with Gasteiger partial charge in [-0.05, 0) is 38.1 Å². The molecule has 1 aromatic carbocycles. The van der Waals surface area contributed by atoms with Gasteiger partial charge in [-0.15, -0.1) is 0 Å². The average molecular weight is 408 g/mol. The van der Waals surface area contributed by atoms with E-state index in [0.29, 0.717) is 18.6 Å². The molecule has 1 aliphatic heterocycles. The number of unbranched alkanes of at least 4 members (excludes halogenated alkanes) is 1. The van der Waals surface area contributed by atoms with Crippen LogP contribution in [0.2, 0.25) is 0 Å². The summed E-state index contributed by atoms with van der Waals surface area (Å²) in [7, 11) is 0. The molecule has 2 rings (SSSR count). The van der Waals surface area contributed by atoms with Crippen LogP contribution in [-0.2, 0) is 9.59 Å². The number of carboxylic acid groups (broad SMARTS) is 2. The highest BCUT2D eigenvalue weighted by atomic mass is 16.5. The monoisotopic (exact) mass is 408 g/mol. The normalized spacial score (nSPS) is 14.6. The first-order chi connectivity index (χ1) is 13.9. The smallest absolute Gasteiger partial charge is 0.414 e. The van der Waals surface area contributed by atoms with Crippen LogP contribution < -0.4 is 4.74 Å². The fraction of sp³-hybridized carbons (Fsp3) is 0.571. The second-order valence-corrected chi connectivity index (χ2v) is 6.71. The van der Waals surface area contributed by atoms with Crippen molar-refractivity contribution < 1.29 is 29.3 Å². The fourth-order valence-electron chi connectivity index (χ4n) is 2.96. The quantitative estimate of drug-likeness (QED) is 0.364. The molecule has 1 aromatic rings. The Morgan fingerprint density at radius 2 is 1.52 bits per heavy atom. The molecule has 0 atom stereocenters. The van der Waals surface area contributed by atoms with E-state index >= 15 is 0 Å². The molecule has 0 aliphatic carbocycles. The molecule has 0 unspecified atom stereocenters. The van der Waals surface area contributed by atoms with E-state index in [1.165, 1.54) is 26.2 Å². The molecule has 0 amide bonds. The summed E-state index contributed by atoms with van der Waals surface area (Å²) in [6, 6.07) is 7.57. The molecule has 0 spiro atoms. The summed E-state index contributed by atoms with van der Waals surface area (Å²) < 4.78 is 5.84. The number of rotatable bonds is 9. The molecule has 1 saturated heterocycles. The van der Waals surface area contributed by atoms with Crippen LogP contribution >= 0.6 is 0 Å². The molecule has 1 aliphatic rings. The third-order valence-electron chi connectivity index (χ3n) is 4.73. The predicted molar refractivity (Wildman–Crippen MR) is 110 cm³/mol. The van der Waals surface area contributed by atoms with Gasteiger partial charge in [0, 0.05) is 32.6 Å². The Hall–Kier alpha value is -2.45. The first-order valence-electron chi connectivity index (χ1n) is 10.0. The summed E-state index contributed by atoms with van der Waals surface area (Å²) in [4.78, 5) is 35.1. The molecular formula is C21H32N2O6. The van der Waals surface area contributed by atoms with Crippen molar-refractivity contribution in [2.75, 3.05) is 45.9 Å². The summed E-state index contributed by atoms with van der Waals surface area (Å²) in [6.45, 7) is 11.9. The number of benzene rings is 1. The highest BCUT2D eigenvalue weighted by Gasteiger charge is 2.14. The third-order valence-corrected chi connectivity index (χ3v) is 4.73. The summed E-state index contributed by atoms with van der Waals surface area (Å²) in [5, 5.41) is 14.8.